The van der Waals surface area contributed by atoms with Gasteiger partial charge in [-0.2, -0.15) is 5.26 Å². The summed E-state index contributed by atoms with van der Waals surface area (Å²) in [6, 6.07) is 17.5. The van der Waals surface area contributed by atoms with Gasteiger partial charge in [0.1, 0.15) is 5.75 Å². The standard InChI is InChI=1S/C18H17N3O3/c19-11-6-12-21(14-7-2-1-3-8-14)17(22)13-24-16-10-5-4-9-15(16)18(20)23/h1-5,7-10H,6,12-13H2,(H2,20,23). The highest BCUT2D eigenvalue weighted by Crippen LogP contribution is 2.18. The molecule has 24 heavy (non-hydrogen) atoms. The van der Waals surface area contributed by atoms with Crippen molar-refractivity contribution in [2.24, 2.45) is 5.73 Å². The fourth-order valence-electron chi connectivity index (χ4n) is 2.18. The maximum absolute atomic E-state index is 12.5. The van der Waals surface area contributed by atoms with E-state index in [1.165, 1.54) is 11.0 Å². The topological polar surface area (TPSA) is 96.4 Å². The molecule has 122 valence electrons. The van der Waals surface area contributed by atoms with Gasteiger partial charge in [-0.3, -0.25) is 9.59 Å². The number of rotatable bonds is 7. The van der Waals surface area contributed by atoms with E-state index >= 15 is 0 Å². The Bertz CT molecular complexity index is 754. The molecule has 0 aromatic heterocycles. The molecular weight excluding hydrogens is 306 g/mol. The van der Waals surface area contributed by atoms with Crippen molar-refractivity contribution in [1.29, 1.82) is 5.26 Å². The van der Waals surface area contributed by atoms with Crippen LogP contribution >= 0.6 is 0 Å². The zero-order valence-corrected chi connectivity index (χ0v) is 13.0. The molecule has 2 rings (SSSR count). The largest absolute Gasteiger partial charge is 0.483 e. The molecule has 2 amide bonds. The second kappa shape index (κ2) is 8.34. The number of ether oxygens (including phenoxy) is 1. The first kappa shape index (κ1) is 17.0. The third kappa shape index (κ3) is 4.34. The van der Waals surface area contributed by atoms with Crippen LogP contribution in [0.15, 0.2) is 54.6 Å². The lowest BCUT2D eigenvalue weighted by Gasteiger charge is -2.22. The average Bonchev–Trinajstić information content (AvgIpc) is 2.61. The van der Waals surface area contributed by atoms with Crippen molar-refractivity contribution in [2.75, 3.05) is 18.1 Å². The van der Waals surface area contributed by atoms with E-state index in [0.29, 0.717) is 5.69 Å². The first-order chi connectivity index (χ1) is 11.6. The Morgan fingerprint density at radius 3 is 2.42 bits per heavy atom. The van der Waals surface area contributed by atoms with E-state index in [4.69, 9.17) is 15.7 Å². The van der Waals surface area contributed by atoms with E-state index in [1.54, 1.807) is 30.3 Å². The summed E-state index contributed by atoms with van der Waals surface area (Å²) in [6.45, 7) is 0.00475. The number of nitrogens with zero attached hydrogens (tertiary/aromatic N) is 2. The molecule has 0 unspecified atom stereocenters. The molecule has 0 aliphatic rings. The molecule has 0 bridgehead atoms. The van der Waals surface area contributed by atoms with E-state index in [-0.39, 0.29) is 36.8 Å². The molecule has 2 N–H and O–H groups in total. The highest BCUT2D eigenvalue weighted by molar-refractivity contribution is 5.96. The Hall–Kier alpha value is -3.33. The zero-order chi connectivity index (χ0) is 17.4. The van der Waals surface area contributed by atoms with Gasteiger partial charge in [-0.25, -0.2) is 0 Å². The number of benzene rings is 2. The lowest BCUT2D eigenvalue weighted by molar-refractivity contribution is -0.120. The Morgan fingerprint density at radius 2 is 1.75 bits per heavy atom. The summed E-state index contributed by atoms with van der Waals surface area (Å²) in [6.07, 6.45) is 0.207. The summed E-state index contributed by atoms with van der Waals surface area (Å²) in [7, 11) is 0. The van der Waals surface area contributed by atoms with E-state index in [1.807, 2.05) is 24.3 Å². The minimum Gasteiger partial charge on any atom is -0.483 e. The molecular formula is C18H17N3O3. The van der Waals surface area contributed by atoms with Crippen molar-refractivity contribution in [2.45, 2.75) is 6.42 Å². The molecule has 6 heteroatoms. The van der Waals surface area contributed by atoms with E-state index < -0.39 is 5.91 Å². The van der Waals surface area contributed by atoms with Gasteiger partial charge in [-0.15, -0.1) is 0 Å². The maximum atomic E-state index is 12.5. The second-order valence-corrected chi connectivity index (χ2v) is 4.94. The molecule has 2 aromatic rings. The number of nitrogens with two attached hydrogens (primary N) is 1. The summed E-state index contributed by atoms with van der Waals surface area (Å²) < 4.78 is 5.47. The van der Waals surface area contributed by atoms with Crippen LogP contribution in [0, 0.1) is 11.3 Å². The molecule has 0 atom stereocenters. The summed E-state index contributed by atoms with van der Waals surface area (Å²) in [5.41, 5.74) is 6.19. The number of carbonyl (C=O) groups is 2. The number of primary amides is 1. The minimum absolute atomic E-state index is 0.207. The molecule has 6 nitrogen and oxygen atoms in total. The predicted octanol–water partition coefficient (Wildman–Crippen LogP) is 2.11. The lowest BCUT2D eigenvalue weighted by Crippen LogP contribution is -2.35. The van der Waals surface area contributed by atoms with Crippen molar-refractivity contribution in [3.8, 4) is 11.8 Å². The molecule has 0 spiro atoms. The van der Waals surface area contributed by atoms with Gasteiger partial charge < -0.3 is 15.4 Å². The summed E-state index contributed by atoms with van der Waals surface area (Å²) in [5, 5.41) is 8.78. The molecule has 2 aromatic carbocycles. The van der Waals surface area contributed by atoms with Crippen molar-refractivity contribution >= 4 is 17.5 Å². The number of carbonyl (C=O) groups excluding carboxylic acids is 2. The van der Waals surface area contributed by atoms with Crippen molar-refractivity contribution in [1.82, 2.24) is 0 Å². The summed E-state index contributed by atoms with van der Waals surface area (Å²) >= 11 is 0. The van der Waals surface area contributed by atoms with Gasteiger partial charge in [-0.1, -0.05) is 30.3 Å². The van der Waals surface area contributed by atoms with Crippen LogP contribution in [0.2, 0.25) is 0 Å². The Morgan fingerprint density at radius 1 is 1.08 bits per heavy atom. The number of hydrogen-bond donors (Lipinski definition) is 1. The van der Waals surface area contributed by atoms with Crippen LogP contribution in [0.25, 0.3) is 0 Å². The van der Waals surface area contributed by atoms with Gasteiger partial charge in [0.2, 0.25) is 0 Å². The molecule has 0 saturated carbocycles. The van der Waals surface area contributed by atoms with Crippen molar-refractivity contribution < 1.29 is 14.3 Å². The SMILES string of the molecule is N#CCCN(C(=O)COc1ccccc1C(N)=O)c1ccccc1. The first-order valence-corrected chi connectivity index (χ1v) is 7.37. The fourth-order valence-corrected chi connectivity index (χ4v) is 2.18. The average molecular weight is 323 g/mol. The van der Waals surface area contributed by atoms with Crippen molar-refractivity contribution in [3.63, 3.8) is 0 Å². The second-order valence-electron chi connectivity index (χ2n) is 4.94. The Kier molecular flexibility index (Phi) is 5.92. The highest BCUT2D eigenvalue weighted by atomic mass is 16.5. The smallest absolute Gasteiger partial charge is 0.264 e. The third-order valence-corrected chi connectivity index (χ3v) is 3.32. The zero-order valence-electron chi connectivity index (χ0n) is 13.0. The van der Waals surface area contributed by atoms with Crippen LogP contribution < -0.4 is 15.4 Å². The molecule has 0 radical (unpaired) electrons. The van der Waals surface area contributed by atoms with Crippen LogP contribution in [0.1, 0.15) is 16.8 Å². The van der Waals surface area contributed by atoms with Crippen LogP contribution in [0.3, 0.4) is 0 Å². The monoisotopic (exact) mass is 323 g/mol. The first-order valence-electron chi connectivity index (χ1n) is 7.37. The van der Waals surface area contributed by atoms with Crippen LogP contribution in [0.5, 0.6) is 5.75 Å². The third-order valence-electron chi connectivity index (χ3n) is 3.32. The number of para-hydroxylation sites is 2. The molecule has 0 aliphatic carbocycles. The molecule has 0 aliphatic heterocycles. The number of hydrogen-bond acceptors (Lipinski definition) is 4. The van der Waals surface area contributed by atoms with Gasteiger partial charge in [0.05, 0.1) is 18.1 Å². The highest BCUT2D eigenvalue weighted by Gasteiger charge is 2.17. The van der Waals surface area contributed by atoms with Gasteiger partial charge in [-0.05, 0) is 24.3 Å². The quantitative estimate of drug-likeness (QED) is 0.844. The lowest BCUT2D eigenvalue weighted by atomic mass is 10.2. The summed E-state index contributed by atoms with van der Waals surface area (Å²) in [4.78, 5) is 25.3. The predicted molar refractivity (Wildman–Crippen MR) is 89.5 cm³/mol. The van der Waals surface area contributed by atoms with Crippen LogP contribution in [-0.2, 0) is 4.79 Å². The Balaban J connectivity index is 2.11. The van der Waals surface area contributed by atoms with Gasteiger partial charge in [0, 0.05) is 12.2 Å². The van der Waals surface area contributed by atoms with E-state index in [2.05, 4.69) is 0 Å². The van der Waals surface area contributed by atoms with Crippen LogP contribution in [0.4, 0.5) is 5.69 Å². The van der Waals surface area contributed by atoms with Gasteiger partial charge in [0.15, 0.2) is 6.61 Å². The maximum Gasteiger partial charge on any atom is 0.264 e. The number of nitriles is 1. The summed E-state index contributed by atoms with van der Waals surface area (Å²) in [5.74, 6) is -0.676. The van der Waals surface area contributed by atoms with E-state index in [0.717, 1.165) is 0 Å². The fraction of sp³-hybridized carbons (Fsp3) is 0.167. The van der Waals surface area contributed by atoms with Crippen LogP contribution in [-0.4, -0.2) is 25.0 Å². The molecule has 0 heterocycles. The minimum atomic E-state index is -0.623. The normalized spacial score (nSPS) is 9.79. The van der Waals surface area contributed by atoms with E-state index in [9.17, 15) is 9.59 Å². The van der Waals surface area contributed by atoms with Gasteiger partial charge in [0.25, 0.3) is 11.8 Å². The van der Waals surface area contributed by atoms with Crippen molar-refractivity contribution in [3.05, 3.63) is 60.2 Å². The molecule has 0 fully saturated rings. The van der Waals surface area contributed by atoms with Gasteiger partial charge >= 0.3 is 0 Å². The molecule has 0 saturated heterocycles. The number of amides is 2. The Labute approximate surface area is 140 Å². The number of anilines is 1.